The van der Waals surface area contributed by atoms with Gasteiger partial charge in [0.2, 0.25) is 0 Å². The van der Waals surface area contributed by atoms with Gasteiger partial charge in [-0.2, -0.15) is 0 Å². The molecular weight excluding hydrogens is 298 g/mol. The molecule has 0 amide bonds. The van der Waals surface area contributed by atoms with Crippen LogP contribution in [0.5, 0.6) is 0 Å². The van der Waals surface area contributed by atoms with E-state index in [1.165, 1.54) is 0 Å². The predicted molar refractivity (Wildman–Crippen MR) is 98.1 cm³/mol. The molecule has 2 N–H and O–H groups in total. The third kappa shape index (κ3) is 2.36. The minimum Gasteiger partial charge on any atom is -0.478 e. The average Bonchev–Trinajstić information content (AvgIpc) is 2.62. The van der Waals surface area contributed by atoms with Gasteiger partial charge in [-0.25, -0.2) is 4.79 Å². The molecule has 0 aromatic heterocycles. The fourth-order valence-electron chi connectivity index (χ4n) is 3.05. The number of aromatic carboxylic acids is 1. The van der Waals surface area contributed by atoms with Crippen molar-refractivity contribution in [1.29, 1.82) is 0 Å². The molecule has 24 heavy (non-hydrogen) atoms. The van der Waals surface area contributed by atoms with E-state index in [-0.39, 0.29) is 5.56 Å². The summed E-state index contributed by atoms with van der Waals surface area (Å²) in [4.78, 5) is 11.7. The van der Waals surface area contributed by atoms with Crippen LogP contribution in [0.2, 0.25) is 0 Å². The molecule has 0 aliphatic rings. The SMILES string of the molecule is O=C(O)c1ccc2ccccc2c1Nc1cccc2ccccc12. The summed E-state index contributed by atoms with van der Waals surface area (Å²) in [5.41, 5.74) is 1.78. The molecule has 3 nitrogen and oxygen atoms in total. The number of hydrogen-bond donors (Lipinski definition) is 2. The Morgan fingerprint density at radius 2 is 1.33 bits per heavy atom. The summed E-state index contributed by atoms with van der Waals surface area (Å²) in [5.74, 6) is -0.941. The summed E-state index contributed by atoms with van der Waals surface area (Å²) < 4.78 is 0. The number of anilines is 2. The molecule has 0 aliphatic heterocycles. The lowest BCUT2D eigenvalue weighted by molar-refractivity contribution is 0.0698. The minimum absolute atomic E-state index is 0.265. The summed E-state index contributed by atoms with van der Waals surface area (Å²) in [6.07, 6.45) is 0. The molecule has 0 radical (unpaired) electrons. The maximum absolute atomic E-state index is 11.7. The predicted octanol–water partition coefficient (Wildman–Crippen LogP) is 5.43. The maximum Gasteiger partial charge on any atom is 0.337 e. The first-order valence-electron chi connectivity index (χ1n) is 7.74. The zero-order chi connectivity index (χ0) is 16.5. The van der Waals surface area contributed by atoms with E-state index in [1.54, 1.807) is 6.07 Å². The molecule has 0 bridgehead atoms. The topological polar surface area (TPSA) is 49.3 Å². The fraction of sp³-hybridized carbons (Fsp3) is 0. The van der Waals surface area contributed by atoms with Gasteiger partial charge in [-0.1, -0.05) is 66.7 Å². The number of fused-ring (bicyclic) bond motifs is 2. The Kier molecular flexibility index (Phi) is 3.39. The van der Waals surface area contributed by atoms with Gasteiger partial charge in [0, 0.05) is 16.5 Å². The van der Waals surface area contributed by atoms with Crippen molar-refractivity contribution in [3.05, 3.63) is 84.4 Å². The van der Waals surface area contributed by atoms with Crippen molar-refractivity contribution in [2.45, 2.75) is 0 Å². The Morgan fingerprint density at radius 3 is 2.08 bits per heavy atom. The van der Waals surface area contributed by atoms with Crippen molar-refractivity contribution in [3.63, 3.8) is 0 Å². The van der Waals surface area contributed by atoms with Gasteiger partial charge in [-0.15, -0.1) is 0 Å². The molecule has 4 rings (SSSR count). The molecule has 0 fully saturated rings. The van der Waals surface area contributed by atoms with E-state index in [9.17, 15) is 9.90 Å². The first-order chi connectivity index (χ1) is 11.7. The van der Waals surface area contributed by atoms with E-state index < -0.39 is 5.97 Å². The van der Waals surface area contributed by atoms with Crippen LogP contribution in [-0.2, 0) is 0 Å². The van der Waals surface area contributed by atoms with Crippen molar-refractivity contribution in [2.75, 3.05) is 5.32 Å². The van der Waals surface area contributed by atoms with Crippen molar-refractivity contribution in [2.24, 2.45) is 0 Å². The Hall–Kier alpha value is -3.33. The third-order valence-corrected chi connectivity index (χ3v) is 4.21. The molecule has 0 spiro atoms. The van der Waals surface area contributed by atoms with E-state index in [1.807, 2.05) is 72.8 Å². The standard InChI is InChI=1S/C21H15NO2/c23-21(24)18-13-12-15-7-2-4-10-17(15)20(18)22-19-11-5-8-14-6-1-3-9-16(14)19/h1-13,22H,(H,23,24). The molecule has 0 atom stereocenters. The number of carboxylic acids is 1. The summed E-state index contributed by atoms with van der Waals surface area (Å²) in [5, 5.41) is 17.0. The van der Waals surface area contributed by atoms with Crippen LogP contribution in [0.4, 0.5) is 11.4 Å². The number of benzene rings is 4. The van der Waals surface area contributed by atoms with Crippen LogP contribution in [0.15, 0.2) is 78.9 Å². The van der Waals surface area contributed by atoms with Crippen molar-refractivity contribution in [1.82, 2.24) is 0 Å². The first kappa shape index (κ1) is 14.3. The second kappa shape index (κ2) is 5.70. The van der Waals surface area contributed by atoms with Gasteiger partial charge in [0.1, 0.15) is 0 Å². The lowest BCUT2D eigenvalue weighted by atomic mass is 10.0. The number of rotatable bonds is 3. The molecule has 3 heteroatoms. The largest absolute Gasteiger partial charge is 0.478 e. The molecule has 4 aromatic rings. The van der Waals surface area contributed by atoms with E-state index in [0.29, 0.717) is 5.69 Å². The zero-order valence-corrected chi connectivity index (χ0v) is 12.9. The van der Waals surface area contributed by atoms with Crippen LogP contribution in [0.1, 0.15) is 10.4 Å². The number of nitrogens with one attached hydrogen (secondary N) is 1. The Labute approximate surface area is 139 Å². The highest BCUT2D eigenvalue weighted by Crippen LogP contribution is 2.33. The molecule has 0 heterocycles. The quantitative estimate of drug-likeness (QED) is 0.530. The fourth-order valence-corrected chi connectivity index (χ4v) is 3.05. The second-order valence-electron chi connectivity index (χ2n) is 5.67. The van der Waals surface area contributed by atoms with E-state index in [2.05, 4.69) is 5.32 Å². The summed E-state index contributed by atoms with van der Waals surface area (Å²) >= 11 is 0. The normalized spacial score (nSPS) is 10.8. The molecule has 0 saturated carbocycles. The minimum atomic E-state index is -0.941. The van der Waals surface area contributed by atoms with Crippen LogP contribution >= 0.6 is 0 Å². The van der Waals surface area contributed by atoms with Gasteiger partial charge in [0.15, 0.2) is 0 Å². The van der Waals surface area contributed by atoms with E-state index in [0.717, 1.165) is 27.2 Å². The lowest BCUT2D eigenvalue weighted by Gasteiger charge is -2.15. The van der Waals surface area contributed by atoms with Gasteiger partial charge in [-0.05, 0) is 22.9 Å². The molecule has 4 aromatic carbocycles. The molecular formula is C21H15NO2. The van der Waals surface area contributed by atoms with Crippen LogP contribution in [0, 0.1) is 0 Å². The van der Waals surface area contributed by atoms with Crippen molar-refractivity contribution < 1.29 is 9.90 Å². The highest BCUT2D eigenvalue weighted by Gasteiger charge is 2.14. The molecule has 0 aliphatic carbocycles. The maximum atomic E-state index is 11.7. The zero-order valence-electron chi connectivity index (χ0n) is 12.9. The lowest BCUT2D eigenvalue weighted by Crippen LogP contribution is -2.03. The second-order valence-corrected chi connectivity index (χ2v) is 5.67. The number of hydrogen-bond acceptors (Lipinski definition) is 2. The number of carbonyl (C=O) groups is 1. The summed E-state index contributed by atoms with van der Waals surface area (Å²) in [6.45, 7) is 0. The van der Waals surface area contributed by atoms with Crippen molar-refractivity contribution in [3.8, 4) is 0 Å². The van der Waals surface area contributed by atoms with Gasteiger partial charge >= 0.3 is 5.97 Å². The monoisotopic (exact) mass is 313 g/mol. The molecule has 0 saturated heterocycles. The van der Waals surface area contributed by atoms with Crippen LogP contribution in [0.25, 0.3) is 21.5 Å². The summed E-state index contributed by atoms with van der Waals surface area (Å²) in [7, 11) is 0. The van der Waals surface area contributed by atoms with Gasteiger partial charge in [0.25, 0.3) is 0 Å². The molecule has 0 unspecified atom stereocenters. The summed E-state index contributed by atoms with van der Waals surface area (Å²) in [6, 6.07) is 25.3. The highest BCUT2D eigenvalue weighted by molar-refractivity contribution is 6.08. The third-order valence-electron chi connectivity index (χ3n) is 4.21. The Bertz CT molecular complexity index is 1060. The highest BCUT2D eigenvalue weighted by atomic mass is 16.4. The van der Waals surface area contributed by atoms with Gasteiger partial charge in [-0.3, -0.25) is 0 Å². The Balaban J connectivity index is 1.95. The first-order valence-corrected chi connectivity index (χ1v) is 7.74. The molecule has 116 valence electrons. The van der Waals surface area contributed by atoms with Crippen LogP contribution in [0.3, 0.4) is 0 Å². The van der Waals surface area contributed by atoms with Crippen LogP contribution in [-0.4, -0.2) is 11.1 Å². The van der Waals surface area contributed by atoms with E-state index >= 15 is 0 Å². The van der Waals surface area contributed by atoms with Gasteiger partial charge in [0.05, 0.1) is 11.3 Å². The van der Waals surface area contributed by atoms with Crippen LogP contribution < -0.4 is 5.32 Å². The van der Waals surface area contributed by atoms with Crippen molar-refractivity contribution >= 4 is 38.9 Å². The van der Waals surface area contributed by atoms with Gasteiger partial charge < -0.3 is 10.4 Å². The van der Waals surface area contributed by atoms with E-state index in [4.69, 9.17) is 0 Å². The smallest absolute Gasteiger partial charge is 0.337 e. The average molecular weight is 313 g/mol. The Morgan fingerprint density at radius 1 is 0.708 bits per heavy atom. The number of carboxylic acid groups (broad SMARTS) is 1.